The van der Waals surface area contributed by atoms with E-state index >= 15 is 0 Å². The van der Waals surface area contributed by atoms with Crippen molar-refractivity contribution in [2.45, 2.75) is 12.8 Å². The van der Waals surface area contributed by atoms with Gasteiger partial charge < -0.3 is 9.64 Å². The minimum atomic E-state index is -0.475. The minimum Gasteiger partial charge on any atom is -0.455 e. The molecule has 3 aromatic rings. The fourth-order valence-corrected chi connectivity index (χ4v) is 4.30. The molecule has 0 radical (unpaired) electrons. The van der Waals surface area contributed by atoms with Crippen LogP contribution < -0.4 is 4.90 Å². The van der Waals surface area contributed by atoms with Crippen LogP contribution in [0.4, 0.5) is 5.69 Å². The average molecular weight is 413 g/mol. The van der Waals surface area contributed by atoms with E-state index in [9.17, 15) is 9.59 Å². The van der Waals surface area contributed by atoms with E-state index in [1.807, 2.05) is 42.5 Å². The molecule has 2 heterocycles. The summed E-state index contributed by atoms with van der Waals surface area (Å²) in [6, 6.07) is 15.2. The van der Waals surface area contributed by atoms with Crippen LogP contribution in [0.15, 0.2) is 53.9 Å². The lowest BCUT2D eigenvalue weighted by Gasteiger charge is -2.17. The summed E-state index contributed by atoms with van der Waals surface area (Å²) in [4.78, 5) is 30.7. The predicted molar refractivity (Wildman–Crippen MR) is 110 cm³/mol. The van der Waals surface area contributed by atoms with Crippen LogP contribution in [-0.2, 0) is 27.2 Å². The minimum absolute atomic E-state index is 0.0187. The largest absolute Gasteiger partial charge is 0.455 e. The first-order valence-corrected chi connectivity index (χ1v) is 10.1. The maximum absolute atomic E-state index is 12.4. The van der Waals surface area contributed by atoms with Crippen LogP contribution in [0.5, 0.6) is 0 Å². The number of nitrogens with zero attached hydrogens (tertiary/aromatic N) is 2. The molecule has 5 nitrogen and oxygen atoms in total. The average Bonchev–Trinajstić information content (AvgIpc) is 3.33. The Labute approximate surface area is 171 Å². The van der Waals surface area contributed by atoms with Gasteiger partial charge in [0.05, 0.1) is 17.1 Å². The molecule has 2 aromatic carbocycles. The number of aromatic nitrogens is 1. The smallest absolute Gasteiger partial charge is 0.312 e. The highest BCUT2D eigenvalue weighted by Gasteiger charge is 2.25. The number of thiazole rings is 1. The Bertz CT molecular complexity index is 1030. The SMILES string of the molecule is O=C(Cc1csc(-c2ccccc2Cl)n1)OCC(=O)N1CCc2ccccc21. The highest BCUT2D eigenvalue weighted by Crippen LogP contribution is 2.30. The predicted octanol–water partition coefficient (Wildman–Crippen LogP) is 4.14. The monoisotopic (exact) mass is 412 g/mol. The summed E-state index contributed by atoms with van der Waals surface area (Å²) in [7, 11) is 0. The van der Waals surface area contributed by atoms with Gasteiger partial charge in [-0.2, -0.15) is 0 Å². The van der Waals surface area contributed by atoms with Crippen molar-refractivity contribution in [1.29, 1.82) is 0 Å². The van der Waals surface area contributed by atoms with Crippen molar-refractivity contribution in [2.24, 2.45) is 0 Å². The molecular formula is C21H17ClN2O3S. The van der Waals surface area contributed by atoms with Crippen LogP contribution in [0.2, 0.25) is 5.02 Å². The molecule has 1 aliphatic heterocycles. The molecule has 0 N–H and O–H groups in total. The van der Waals surface area contributed by atoms with Crippen molar-refractivity contribution in [3.8, 4) is 10.6 Å². The molecule has 0 saturated carbocycles. The number of carbonyl (C=O) groups excluding carboxylic acids is 2. The van der Waals surface area contributed by atoms with E-state index in [0.29, 0.717) is 17.3 Å². The van der Waals surface area contributed by atoms with Gasteiger partial charge in [-0.25, -0.2) is 4.98 Å². The summed E-state index contributed by atoms with van der Waals surface area (Å²) in [6.07, 6.45) is 0.838. The number of carbonyl (C=O) groups is 2. The van der Waals surface area contributed by atoms with Gasteiger partial charge in [0.2, 0.25) is 0 Å². The molecule has 0 atom stereocenters. The zero-order chi connectivity index (χ0) is 19.5. The third kappa shape index (κ3) is 3.93. The Morgan fingerprint density at radius 2 is 1.93 bits per heavy atom. The molecule has 1 aromatic heterocycles. The van der Waals surface area contributed by atoms with Gasteiger partial charge in [0.15, 0.2) is 6.61 Å². The van der Waals surface area contributed by atoms with Gasteiger partial charge in [-0.3, -0.25) is 9.59 Å². The maximum Gasteiger partial charge on any atom is 0.312 e. The van der Waals surface area contributed by atoms with E-state index in [2.05, 4.69) is 4.98 Å². The number of benzene rings is 2. The van der Waals surface area contributed by atoms with Gasteiger partial charge >= 0.3 is 5.97 Å². The fourth-order valence-electron chi connectivity index (χ4n) is 3.16. The van der Waals surface area contributed by atoms with E-state index in [0.717, 1.165) is 28.2 Å². The Hall–Kier alpha value is -2.70. The van der Waals surface area contributed by atoms with Crippen LogP contribution >= 0.6 is 22.9 Å². The van der Waals surface area contributed by atoms with E-state index in [1.54, 1.807) is 16.3 Å². The molecule has 0 spiro atoms. The van der Waals surface area contributed by atoms with Crippen LogP contribution in [0.1, 0.15) is 11.3 Å². The van der Waals surface area contributed by atoms with Crippen molar-refractivity contribution >= 4 is 40.5 Å². The Morgan fingerprint density at radius 1 is 1.14 bits per heavy atom. The summed E-state index contributed by atoms with van der Waals surface area (Å²) in [6.45, 7) is 0.345. The summed E-state index contributed by atoms with van der Waals surface area (Å²) < 4.78 is 5.18. The van der Waals surface area contributed by atoms with Gasteiger partial charge in [0, 0.05) is 23.2 Å². The number of hydrogen-bond donors (Lipinski definition) is 0. The molecule has 0 unspecified atom stereocenters. The molecule has 0 saturated heterocycles. The third-order valence-corrected chi connectivity index (χ3v) is 5.78. The van der Waals surface area contributed by atoms with Gasteiger partial charge in [-0.15, -0.1) is 11.3 Å². The van der Waals surface area contributed by atoms with Crippen molar-refractivity contribution in [2.75, 3.05) is 18.1 Å². The zero-order valence-corrected chi connectivity index (χ0v) is 16.5. The summed E-state index contributed by atoms with van der Waals surface area (Å²) in [5.41, 5.74) is 3.46. The number of fused-ring (bicyclic) bond motifs is 1. The van der Waals surface area contributed by atoms with Crippen LogP contribution in [0, 0.1) is 0 Å². The normalized spacial score (nSPS) is 12.7. The highest BCUT2D eigenvalue weighted by molar-refractivity contribution is 7.13. The summed E-state index contributed by atoms with van der Waals surface area (Å²) in [5.74, 6) is -0.690. The molecule has 0 bridgehead atoms. The molecule has 0 fully saturated rings. The van der Waals surface area contributed by atoms with Crippen molar-refractivity contribution in [3.05, 3.63) is 70.2 Å². The maximum atomic E-state index is 12.4. The van der Waals surface area contributed by atoms with Crippen LogP contribution in [-0.4, -0.2) is 30.0 Å². The highest BCUT2D eigenvalue weighted by atomic mass is 35.5. The molecular weight excluding hydrogens is 396 g/mol. The second-order valence-electron chi connectivity index (χ2n) is 6.39. The van der Waals surface area contributed by atoms with Gasteiger partial charge in [0.1, 0.15) is 5.01 Å². The van der Waals surface area contributed by atoms with Crippen LogP contribution in [0.25, 0.3) is 10.6 Å². The fraction of sp³-hybridized carbons (Fsp3) is 0.190. The summed E-state index contributed by atoms with van der Waals surface area (Å²) >= 11 is 7.61. The molecule has 4 rings (SSSR count). The number of para-hydroxylation sites is 1. The van der Waals surface area contributed by atoms with Gasteiger partial charge in [-0.1, -0.05) is 48.0 Å². The quantitative estimate of drug-likeness (QED) is 0.591. The zero-order valence-electron chi connectivity index (χ0n) is 14.9. The molecule has 0 aliphatic carbocycles. The third-order valence-electron chi connectivity index (χ3n) is 4.53. The van der Waals surface area contributed by atoms with Gasteiger partial charge in [-0.05, 0) is 24.1 Å². The molecule has 1 amide bonds. The molecule has 7 heteroatoms. The lowest BCUT2D eigenvalue weighted by molar-refractivity contribution is -0.147. The number of esters is 1. The Morgan fingerprint density at radius 3 is 2.79 bits per heavy atom. The second kappa shape index (κ2) is 8.12. The number of rotatable bonds is 5. The lowest BCUT2D eigenvalue weighted by atomic mass is 10.2. The number of halogens is 1. The van der Waals surface area contributed by atoms with Crippen molar-refractivity contribution < 1.29 is 14.3 Å². The van der Waals surface area contributed by atoms with E-state index in [4.69, 9.17) is 16.3 Å². The number of hydrogen-bond acceptors (Lipinski definition) is 5. The molecule has 1 aliphatic rings. The van der Waals surface area contributed by atoms with E-state index < -0.39 is 5.97 Å². The number of ether oxygens (including phenoxy) is 1. The topological polar surface area (TPSA) is 59.5 Å². The van der Waals surface area contributed by atoms with Crippen molar-refractivity contribution in [3.63, 3.8) is 0 Å². The second-order valence-corrected chi connectivity index (χ2v) is 7.65. The Balaban J connectivity index is 1.33. The Kier molecular flexibility index (Phi) is 5.41. The first-order valence-electron chi connectivity index (χ1n) is 8.85. The molecule has 142 valence electrons. The lowest BCUT2D eigenvalue weighted by Crippen LogP contribution is -2.33. The molecule has 28 heavy (non-hydrogen) atoms. The summed E-state index contributed by atoms with van der Waals surface area (Å²) in [5, 5.41) is 3.17. The van der Waals surface area contributed by atoms with E-state index in [1.165, 1.54) is 11.3 Å². The first-order chi connectivity index (χ1) is 13.6. The van der Waals surface area contributed by atoms with Gasteiger partial charge in [0.25, 0.3) is 5.91 Å². The van der Waals surface area contributed by atoms with Crippen LogP contribution in [0.3, 0.4) is 0 Å². The first kappa shape index (κ1) is 18.7. The standard InChI is InChI=1S/C21H17ClN2O3S/c22-17-7-3-2-6-16(17)21-23-15(13-28-21)11-20(26)27-12-19(25)24-10-9-14-5-1-4-8-18(14)24/h1-8,13H,9-12H2. The number of anilines is 1. The van der Waals surface area contributed by atoms with E-state index in [-0.39, 0.29) is 18.9 Å². The van der Waals surface area contributed by atoms with Crippen molar-refractivity contribution in [1.82, 2.24) is 4.98 Å². The number of amides is 1.